The average Bonchev–Trinajstić information content (AvgIpc) is 3.26. The summed E-state index contributed by atoms with van der Waals surface area (Å²) >= 11 is 0. The molecule has 1 aliphatic heterocycles. The molecule has 3 N–H and O–H groups in total. The molecule has 0 fully saturated rings. The number of nitrogens with one attached hydrogen (secondary N) is 3. The third-order valence-electron chi connectivity index (χ3n) is 5.90. The predicted molar refractivity (Wildman–Crippen MR) is 127 cm³/mol. The second-order valence-electron chi connectivity index (χ2n) is 7.96. The smallest absolute Gasteiger partial charge is 0.261 e. The Hall–Kier alpha value is -3.61. The summed E-state index contributed by atoms with van der Waals surface area (Å²) in [6, 6.07) is 15.4. The third-order valence-corrected chi connectivity index (χ3v) is 5.90. The van der Waals surface area contributed by atoms with E-state index < -0.39 is 0 Å². The number of nitrogens with zero attached hydrogens (tertiary/aromatic N) is 2. The van der Waals surface area contributed by atoms with Crippen LogP contribution in [0.15, 0.2) is 53.5 Å². The molecule has 0 saturated heterocycles. The number of rotatable bonds is 8. The molecular weight excluding hydrogens is 402 g/mol. The molecule has 0 bridgehead atoms. The summed E-state index contributed by atoms with van der Waals surface area (Å²) in [6.45, 7) is 4.03. The molecule has 166 valence electrons. The van der Waals surface area contributed by atoms with Crippen molar-refractivity contribution in [2.45, 2.75) is 26.2 Å². The number of aromatic nitrogens is 1. The minimum atomic E-state index is -0.191. The third kappa shape index (κ3) is 4.37. The van der Waals surface area contributed by atoms with Crippen molar-refractivity contribution in [1.29, 1.82) is 0 Å². The van der Waals surface area contributed by atoms with E-state index in [1.54, 1.807) is 31.3 Å². The Morgan fingerprint density at radius 1 is 0.938 bits per heavy atom. The zero-order valence-electron chi connectivity index (χ0n) is 18.6. The SMILES string of the molecule is CN=C(NCCCCN1C(=O)c2ccccc2C1=O)NCCc1c(C)[nH]c2ccccc12. The lowest BCUT2D eigenvalue weighted by molar-refractivity contribution is 0.0652. The van der Waals surface area contributed by atoms with Gasteiger partial charge in [-0.1, -0.05) is 30.3 Å². The van der Waals surface area contributed by atoms with Gasteiger partial charge < -0.3 is 15.6 Å². The topological polar surface area (TPSA) is 89.6 Å². The van der Waals surface area contributed by atoms with Crippen molar-refractivity contribution in [3.63, 3.8) is 0 Å². The van der Waals surface area contributed by atoms with Gasteiger partial charge in [-0.25, -0.2) is 0 Å². The van der Waals surface area contributed by atoms with Crippen LogP contribution in [0, 0.1) is 6.92 Å². The minimum absolute atomic E-state index is 0.191. The molecule has 7 nitrogen and oxygen atoms in total. The van der Waals surface area contributed by atoms with E-state index in [2.05, 4.69) is 45.7 Å². The highest BCUT2D eigenvalue weighted by molar-refractivity contribution is 6.21. The minimum Gasteiger partial charge on any atom is -0.358 e. The summed E-state index contributed by atoms with van der Waals surface area (Å²) in [5.74, 6) is 0.371. The number of imide groups is 1. The fraction of sp³-hybridized carbons (Fsp3) is 0.320. The van der Waals surface area contributed by atoms with Gasteiger partial charge in [0.05, 0.1) is 11.1 Å². The summed E-state index contributed by atoms with van der Waals surface area (Å²) < 4.78 is 0. The van der Waals surface area contributed by atoms with E-state index in [9.17, 15) is 9.59 Å². The summed E-state index contributed by atoms with van der Waals surface area (Å²) in [6.07, 6.45) is 2.47. The molecule has 0 unspecified atom stereocenters. The number of carbonyl (C=O) groups excluding carboxylic acids is 2. The zero-order valence-corrected chi connectivity index (χ0v) is 18.6. The number of fused-ring (bicyclic) bond motifs is 2. The lowest BCUT2D eigenvalue weighted by Crippen LogP contribution is -2.39. The van der Waals surface area contributed by atoms with Crippen LogP contribution in [0.1, 0.15) is 44.8 Å². The number of unbranched alkanes of at least 4 members (excludes halogenated alkanes) is 1. The Morgan fingerprint density at radius 2 is 1.59 bits per heavy atom. The number of amides is 2. The first-order valence-electron chi connectivity index (χ1n) is 11.1. The second kappa shape index (κ2) is 9.68. The summed E-state index contributed by atoms with van der Waals surface area (Å²) in [7, 11) is 1.76. The first-order chi connectivity index (χ1) is 15.6. The van der Waals surface area contributed by atoms with E-state index in [0.29, 0.717) is 17.7 Å². The van der Waals surface area contributed by atoms with Crippen LogP contribution >= 0.6 is 0 Å². The first-order valence-corrected chi connectivity index (χ1v) is 11.1. The Bertz CT molecular complexity index is 1130. The number of guanidine groups is 1. The number of benzene rings is 2. The van der Waals surface area contributed by atoms with Crippen LogP contribution in [0.3, 0.4) is 0 Å². The van der Waals surface area contributed by atoms with Gasteiger partial charge in [-0.05, 0) is 49.9 Å². The Kier molecular flexibility index (Phi) is 6.54. The lowest BCUT2D eigenvalue weighted by atomic mass is 10.1. The van der Waals surface area contributed by atoms with E-state index in [1.807, 2.05) is 6.07 Å². The van der Waals surface area contributed by atoms with Crippen molar-refractivity contribution < 1.29 is 9.59 Å². The average molecular weight is 432 g/mol. The fourth-order valence-electron chi connectivity index (χ4n) is 4.23. The molecule has 0 saturated carbocycles. The normalized spacial score (nSPS) is 13.7. The maximum atomic E-state index is 12.4. The quantitative estimate of drug-likeness (QED) is 0.221. The van der Waals surface area contributed by atoms with Gasteiger partial charge in [-0.15, -0.1) is 0 Å². The number of carbonyl (C=O) groups is 2. The molecule has 1 aliphatic rings. The van der Waals surface area contributed by atoms with E-state index in [-0.39, 0.29) is 11.8 Å². The fourth-order valence-corrected chi connectivity index (χ4v) is 4.23. The number of para-hydroxylation sites is 1. The van der Waals surface area contributed by atoms with E-state index in [1.165, 1.54) is 27.1 Å². The van der Waals surface area contributed by atoms with Gasteiger partial charge in [-0.3, -0.25) is 19.5 Å². The van der Waals surface area contributed by atoms with Crippen molar-refractivity contribution in [3.05, 3.63) is 70.9 Å². The molecule has 0 aliphatic carbocycles. The van der Waals surface area contributed by atoms with Crippen LogP contribution in [-0.2, 0) is 6.42 Å². The molecule has 32 heavy (non-hydrogen) atoms. The number of aryl methyl sites for hydroxylation is 1. The molecule has 4 rings (SSSR count). The molecular formula is C25H29N5O2. The van der Waals surface area contributed by atoms with Crippen LogP contribution in [-0.4, -0.2) is 54.3 Å². The van der Waals surface area contributed by atoms with Crippen molar-refractivity contribution >= 4 is 28.7 Å². The zero-order chi connectivity index (χ0) is 22.5. The summed E-state index contributed by atoms with van der Waals surface area (Å²) in [5, 5.41) is 7.94. The van der Waals surface area contributed by atoms with Crippen molar-refractivity contribution in [2.75, 3.05) is 26.7 Å². The highest BCUT2D eigenvalue weighted by Crippen LogP contribution is 2.23. The van der Waals surface area contributed by atoms with Gasteiger partial charge in [0.15, 0.2) is 5.96 Å². The van der Waals surface area contributed by atoms with E-state index in [4.69, 9.17) is 0 Å². The van der Waals surface area contributed by atoms with E-state index >= 15 is 0 Å². The molecule has 3 aromatic rings. The van der Waals surface area contributed by atoms with Gasteiger partial charge in [0.2, 0.25) is 0 Å². The Balaban J connectivity index is 1.18. The van der Waals surface area contributed by atoms with Gasteiger partial charge >= 0.3 is 0 Å². The van der Waals surface area contributed by atoms with Gasteiger partial charge in [0, 0.05) is 43.3 Å². The predicted octanol–water partition coefficient (Wildman–Crippen LogP) is 3.26. The molecule has 7 heteroatoms. The highest BCUT2D eigenvalue weighted by atomic mass is 16.2. The molecule has 2 aromatic carbocycles. The number of hydrogen-bond donors (Lipinski definition) is 3. The molecule has 1 aromatic heterocycles. The van der Waals surface area contributed by atoms with Crippen LogP contribution in [0.4, 0.5) is 0 Å². The largest absolute Gasteiger partial charge is 0.358 e. The molecule has 2 amide bonds. The van der Waals surface area contributed by atoms with Gasteiger partial charge in [0.1, 0.15) is 0 Å². The number of aliphatic imine (C=N–C) groups is 1. The van der Waals surface area contributed by atoms with Crippen LogP contribution in [0.5, 0.6) is 0 Å². The maximum absolute atomic E-state index is 12.4. The van der Waals surface area contributed by atoms with Crippen LogP contribution < -0.4 is 10.6 Å². The van der Waals surface area contributed by atoms with Gasteiger partial charge in [0.25, 0.3) is 11.8 Å². The molecule has 0 radical (unpaired) electrons. The number of hydrogen-bond acceptors (Lipinski definition) is 3. The number of aromatic amines is 1. The van der Waals surface area contributed by atoms with Crippen molar-refractivity contribution in [2.24, 2.45) is 4.99 Å². The Labute approximate surface area is 187 Å². The summed E-state index contributed by atoms with van der Waals surface area (Å²) in [5.41, 5.74) is 4.70. The van der Waals surface area contributed by atoms with E-state index in [0.717, 1.165) is 38.3 Å². The maximum Gasteiger partial charge on any atom is 0.261 e. The molecule has 0 atom stereocenters. The standard InChI is InChI=1S/C25H29N5O2/c1-17-18(19-9-5-6-12-22(19)29-17)13-15-28-25(26-2)27-14-7-8-16-30-23(31)20-10-3-4-11-21(20)24(30)32/h3-6,9-12,29H,7-8,13-16H2,1-2H3,(H2,26,27,28). The number of H-pyrrole nitrogens is 1. The second-order valence-corrected chi connectivity index (χ2v) is 7.96. The molecule has 0 spiro atoms. The monoisotopic (exact) mass is 431 g/mol. The van der Waals surface area contributed by atoms with Crippen molar-refractivity contribution in [3.8, 4) is 0 Å². The molecule has 2 heterocycles. The highest BCUT2D eigenvalue weighted by Gasteiger charge is 2.34. The van der Waals surface area contributed by atoms with Crippen LogP contribution in [0.2, 0.25) is 0 Å². The summed E-state index contributed by atoms with van der Waals surface area (Å²) in [4.78, 5) is 33.9. The van der Waals surface area contributed by atoms with Gasteiger partial charge in [-0.2, -0.15) is 0 Å². The first kappa shape index (κ1) is 21.6. The lowest BCUT2D eigenvalue weighted by Gasteiger charge is -2.15. The van der Waals surface area contributed by atoms with Crippen molar-refractivity contribution in [1.82, 2.24) is 20.5 Å². The van der Waals surface area contributed by atoms with Crippen LogP contribution in [0.25, 0.3) is 10.9 Å². The Morgan fingerprint density at radius 3 is 2.31 bits per heavy atom.